The lowest BCUT2D eigenvalue weighted by Crippen LogP contribution is -1.85. The van der Waals surface area contributed by atoms with Crippen molar-refractivity contribution in [3.8, 4) is 17.3 Å². The molecular formula is C12H7N3S2. The number of aromatic nitrogens is 1. The molecule has 0 aromatic carbocycles. The van der Waals surface area contributed by atoms with Crippen LogP contribution in [-0.4, -0.2) is 4.98 Å². The lowest BCUT2D eigenvalue weighted by atomic mass is 10.2. The van der Waals surface area contributed by atoms with E-state index in [1.807, 2.05) is 23.6 Å². The quantitative estimate of drug-likeness (QED) is 0.726. The van der Waals surface area contributed by atoms with Crippen LogP contribution >= 0.6 is 22.7 Å². The molecule has 0 radical (unpaired) electrons. The van der Waals surface area contributed by atoms with E-state index < -0.39 is 0 Å². The Kier molecular flexibility index (Phi) is 2.32. The summed E-state index contributed by atoms with van der Waals surface area (Å²) in [6.07, 6.45) is 0. The summed E-state index contributed by atoms with van der Waals surface area (Å²) in [5.74, 6) is 0. The fourth-order valence-electron chi connectivity index (χ4n) is 1.65. The van der Waals surface area contributed by atoms with Gasteiger partial charge in [0, 0.05) is 16.3 Å². The molecule has 0 spiro atoms. The van der Waals surface area contributed by atoms with Crippen LogP contribution in [0.1, 0.15) is 4.88 Å². The minimum Gasteiger partial charge on any atom is -0.396 e. The van der Waals surface area contributed by atoms with E-state index >= 15 is 0 Å². The first-order valence-electron chi connectivity index (χ1n) is 4.91. The molecular weight excluding hydrogens is 250 g/mol. The van der Waals surface area contributed by atoms with E-state index in [1.54, 1.807) is 11.3 Å². The van der Waals surface area contributed by atoms with E-state index in [1.165, 1.54) is 11.3 Å². The second-order valence-corrected chi connectivity index (χ2v) is 5.30. The van der Waals surface area contributed by atoms with Gasteiger partial charge in [-0.05, 0) is 23.6 Å². The predicted octanol–water partition coefficient (Wildman–Crippen LogP) is 3.48. The van der Waals surface area contributed by atoms with Gasteiger partial charge in [0.15, 0.2) is 0 Å². The second kappa shape index (κ2) is 3.84. The van der Waals surface area contributed by atoms with Gasteiger partial charge in [0.25, 0.3) is 0 Å². The van der Waals surface area contributed by atoms with Crippen molar-refractivity contribution in [1.82, 2.24) is 4.98 Å². The lowest BCUT2D eigenvalue weighted by Gasteiger charge is -1.97. The number of thiophene rings is 2. The van der Waals surface area contributed by atoms with Crippen LogP contribution in [-0.2, 0) is 0 Å². The number of fused-ring (bicyclic) bond motifs is 1. The summed E-state index contributed by atoms with van der Waals surface area (Å²) >= 11 is 2.98. The van der Waals surface area contributed by atoms with Gasteiger partial charge in [-0.15, -0.1) is 11.3 Å². The maximum absolute atomic E-state index is 8.93. The summed E-state index contributed by atoms with van der Waals surface area (Å²) in [5.41, 5.74) is 8.43. The Labute approximate surface area is 106 Å². The molecule has 3 heterocycles. The maximum atomic E-state index is 8.93. The van der Waals surface area contributed by atoms with Gasteiger partial charge >= 0.3 is 0 Å². The van der Waals surface area contributed by atoms with Crippen LogP contribution < -0.4 is 5.73 Å². The fraction of sp³-hybridized carbons (Fsp3) is 0. The van der Waals surface area contributed by atoms with Crippen LogP contribution in [0.2, 0.25) is 0 Å². The van der Waals surface area contributed by atoms with E-state index in [9.17, 15) is 0 Å². The number of nitrogen functional groups attached to an aromatic ring is 1. The Morgan fingerprint density at radius 1 is 1.29 bits per heavy atom. The number of nitrogens with zero attached hydrogens (tertiary/aromatic N) is 2. The van der Waals surface area contributed by atoms with E-state index in [0.717, 1.165) is 21.5 Å². The van der Waals surface area contributed by atoms with E-state index in [4.69, 9.17) is 11.0 Å². The Balaban J connectivity index is 2.24. The van der Waals surface area contributed by atoms with Crippen molar-refractivity contribution in [3.05, 3.63) is 33.8 Å². The van der Waals surface area contributed by atoms with Crippen LogP contribution in [0.3, 0.4) is 0 Å². The topological polar surface area (TPSA) is 62.7 Å². The predicted molar refractivity (Wildman–Crippen MR) is 72.1 cm³/mol. The first-order chi connectivity index (χ1) is 8.29. The molecule has 0 unspecified atom stereocenters. The Bertz CT molecular complexity index is 720. The third kappa shape index (κ3) is 1.58. The minimum absolute atomic E-state index is 0.537. The molecule has 17 heavy (non-hydrogen) atoms. The summed E-state index contributed by atoms with van der Waals surface area (Å²) < 4.78 is 0. The van der Waals surface area contributed by atoms with Crippen LogP contribution in [0.5, 0.6) is 0 Å². The molecule has 0 saturated heterocycles. The highest BCUT2D eigenvalue weighted by Crippen LogP contribution is 2.33. The van der Waals surface area contributed by atoms with E-state index in [0.29, 0.717) is 10.6 Å². The summed E-state index contributed by atoms with van der Waals surface area (Å²) in [6.45, 7) is 0. The molecule has 0 amide bonds. The Hall–Kier alpha value is -1.90. The van der Waals surface area contributed by atoms with Gasteiger partial charge in [-0.3, -0.25) is 0 Å². The van der Waals surface area contributed by atoms with Gasteiger partial charge in [0.05, 0.1) is 11.4 Å². The molecule has 0 aliphatic carbocycles. The number of pyridine rings is 1. The number of anilines is 1. The van der Waals surface area contributed by atoms with Gasteiger partial charge in [-0.2, -0.15) is 16.6 Å². The zero-order valence-corrected chi connectivity index (χ0v) is 10.3. The smallest absolute Gasteiger partial charge is 0.130 e. The zero-order chi connectivity index (χ0) is 11.8. The number of rotatable bonds is 1. The molecule has 0 atom stereocenters. The van der Waals surface area contributed by atoms with Crippen molar-refractivity contribution in [1.29, 1.82) is 5.26 Å². The van der Waals surface area contributed by atoms with E-state index in [2.05, 4.69) is 16.4 Å². The molecule has 0 fully saturated rings. The molecule has 0 aliphatic heterocycles. The highest BCUT2D eigenvalue weighted by molar-refractivity contribution is 7.19. The zero-order valence-electron chi connectivity index (χ0n) is 8.68. The van der Waals surface area contributed by atoms with Crippen molar-refractivity contribution in [3.63, 3.8) is 0 Å². The average Bonchev–Trinajstić information content (AvgIpc) is 2.97. The van der Waals surface area contributed by atoms with Gasteiger partial charge in [0.2, 0.25) is 0 Å². The molecule has 0 aliphatic rings. The van der Waals surface area contributed by atoms with Gasteiger partial charge in [-0.25, -0.2) is 4.98 Å². The Morgan fingerprint density at radius 3 is 2.88 bits per heavy atom. The third-order valence-corrected chi connectivity index (χ3v) is 4.22. The molecule has 3 rings (SSSR count). The third-order valence-electron chi connectivity index (χ3n) is 2.51. The minimum atomic E-state index is 0.537. The Morgan fingerprint density at radius 2 is 2.18 bits per heavy atom. The van der Waals surface area contributed by atoms with Gasteiger partial charge < -0.3 is 5.73 Å². The highest BCUT2D eigenvalue weighted by atomic mass is 32.1. The van der Waals surface area contributed by atoms with Crippen LogP contribution in [0.4, 0.5) is 5.69 Å². The first-order valence-corrected chi connectivity index (χ1v) is 6.67. The summed E-state index contributed by atoms with van der Waals surface area (Å²) in [5, 5.41) is 13.9. The summed E-state index contributed by atoms with van der Waals surface area (Å²) in [6, 6.07) is 7.99. The van der Waals surface area contributed by atoms with Crippen LogP contribution in [0.15, 0.2) is 29.0 Å². The van der Waals surface area contributed by atoms with Crippen molar-refractivity contribution in [2.45, 2.75) is 0 Å². The average molecular weight is 257 g/mol. The molecule has 82 valence electrons. The molecule has 3 nitrogen and oxygen atoms in total. The number of nitrogens with two attached hydrogens (primary N) is 1. The van der Waals surface area contributed by atoms with Crippen molar-refractivity contribution in [2.75, 3.05) is 5.73 Å². The SMILES string of the molecule is N#Cc1sc2nc(-c3ccsc3)ccc2c1N. The monoisotopic (exact) mass is 257 g/mol. The number of nitriles is 1. The van der Waals surface area contributed by atoms with Crippen LogP contribution in [0.25, 0.3) is 21.5 Å². The maximum Gasteiger partial charge on any atom is 0.130 e. The second-order valence-electron chi connectivity index (χ2n) is 3.52. The first kappa shape index (κ1) is 10.3. The number of hydrogen-bond acceptors (Lipinski definition) is 5. The molecule has 5 heteroatoms. The molecule has 0 bridgehead atoms. The van der Waals surface area contributed by atoms with Crippen molar-refractivity contribution >= 4 is 38.6 Å². The lowest BCUT2D eigenvalue weighted by molar-refractivity contribution is 1.44. The van der Waals surface area contributed by atoms with Gasteiger partial charge in [0.1, 0.15) is 15.8 Å². The van der Waals surface area contributed by atoms with Gasteiger partial charge in [-0.1, -0.05) is 0 Å². The van der Waals surface area contributed by atoms with Crippen molar-refractivity contribution < 1.29 is 0 Å². The van der Waals surface area contributed by atoms with E-state index in [-0.39, 0.29) is 0 Å². The van der Waals surface area contributed by atoms with Crippen LogP contribution in [0, 0.1) is 11.3 Å². The normalized spacial score (nSPS) is 10.5. The molecule has 2 N–H and O–H groups in total. The standard InChI is InChI=1S/C12H7N3S2/c13-5-10-11(14)8-1-2-9(15-12(8)17-10)7-3-4-16-6-7/h1-4,6H,14H2. The molecule has 3 aromatic rings. The summed E-state index contributed by atoms with van der Waals surface area (Å²) in [4.78, 5) is 5.90. The highest BCUT2D eigenvalue weighted by Gasteiger charge is 2.11. The molecule has 3 aromatic heterocycles. The van der Waals surface area contributed by atoms with Crippen molar-refractivity contribution in [2.24, 2.45) is 0 Å². The fourth-order valence-corrected chi connectivity index (χ4v) is 3.19. The largest absolute Gasteiger partial charge is 0.396 e. The molecule has 0 saturated carbocycles. The number of hydrogen-bond donors (Lipinski definition) is 1. The summed E-state index contributed by atoms with van der Waals surface area (Å²) in [7, 11) is 0.